The molecule has 7 atom stereocenters. The van der Waals surface area contributed by atoms with E-state index in [4.69, 9.17) is 5.11 Å². The maximum atomic E-state index is 12.7. The summed E-state index contributed by atoms with van der Waals surface area (Å²) in [7, 11) is 0. The molecule has 4 heteroatoms. The number of hydrogen-bond acceptors (Lipinski definition) is 3. The molecule has 4 nitrogen and oxygen atoms in total. The van der Waals surface area contributed by atoms with E-state index < -0.39 is 5.97 Å². The van der Waals surface area contributed by atoms with Crippen LogP contribution in [0.2, 0.25) is 0 Å². The van der Waals surface area contributed by atoms with Crippen molar-refractivity contribution in [3.63, 3.8) is 0 Å². The van der Waals surface area contributed by atoms with Crippen LogP contribution in [0.1, 0.15) is 92.9 Å². The Morgan fingerprint density at radius 3 is 2.42 bits per heavy atom. The quantitative estimate of drug-likeness (QED) is 0.385. The summed E-state index contributed by atoms with van der Waals surface area (Å²) in [5, 5.41) is 9.09. The molecule has 0 saturated heterocycles. The van der Waals surface area contributed by atoms with E-state index >= 15 is 0 Å². The topological polar surface area (TPSA) is 71.4 Å². The van der Waals surface area contributed by atoms with Crippen LogP contribution in [0.3, 0.4) is 0 Å². The molecule has 0 aliphatic heterocycles. The molecule has 0 bridgehead atoms. The van der Waals surface area contributed by atoms with Crippen LogP contribution in [0.15, 0.2) is 23.3 Å². The van der Waals surface area contributed by atoms with E-state index in [-0.39, 0.29) is 33.5 Å². The molecule has 4 rings (SSSR count). The molecular formula is C29H42O4. The highest BCUT2D eigenvalue weighted by Crippen LogP contribution is 2.68. The third kappa shape index (κ3) is 3.76. The molecule has 182 valence electrons. The Balaban J connectivity index is 1.55. The van der Waals surface area contributed by atoms with Crippen molar-refractivity contribution in [2.24, 2.45) is 45.8 Å². The molecule has 33 heavy (non-hydrogen) atoms. The molecule has 0 amide bonds. The van der Waals surface area contributed by atoms with Crippen LogP contribution in [0.4, 0.5) is 0 Å². The summed E-state index contributed by atoms with van der Waals surface area (Å²) in [5.41, 5.74) is 1.96. The minimum atomic E-state index is -1.02. The summed E-state index contributed by atoms with van der Waals surface area (Å²) in [4.78, 5) is 36.3. The number of carbonyl (C=O) groups excluding carboxylic acids is 2. The van der Waals surface area contributed by atoms with Gasteiger partial charge in [0.1, 0.15) is 5.78 Å². The first-order valence-corrected chi connectivity index (χ1v) is 13.0. The Bertz CT molecular complexity index is 924. The molecule has 0 unspecified atom stereocenters. The lowest BCUT2D eigenvalue weighted by Gasteiger charge is -2.60. The molecule has 4 aliphatic carbocycles. The summed E-state index contributed by atoms with van der Waals surface area (Å²) < 4.78 is 0. The third-order valence-electron chi connectivity index (χ3n) is 10.8. The summed E-state index contributed by atoms with van der Waals surface area (Å²) in [6.07, 6.45) is 11.7. The van der Waals surface area contributed by atoms with Crippen molar-refractivity contribution in [2.75, 3.05) is 0 Å². The number of Topliss-reactive ketones (excluding diaryl/α,β-unsaturated/α-hetero) is 1. The fraction of sp³-hybridized carbons (Fsp3) is 0.759. The molecule has 4 aliphatic rings. The van der Waals surface area contributed by atoms with Crippen molar-refractivity contribution in [3.05, 3.63) is 23.3 Å². The number of fused-ring (bicyclic) bond motifs is 5. The molecule has 0 aromatic carbocycles. The molecule has 0 radical (unpaired) electrons. The second kappa shape index (κ2) is 8.20. The van der Waals surface area contributed by atoms with Gasteiger partial charge in [-0.25, -0.2) is 4.79 Å². The lowest BCUT2D eigenvalue weighted by Crippen LogP contribution is -2.55. The van der Waals surface area contributed by atoms with Gasteiger partial charge in [0, 0.05) is 23.8 Å². The summed E-state index contributed by atoms with van der Waals surface area (Å²) in [5.74, 6) is 1.68. The van der Waals surface area contributed by atoms with Crippen molar-refractivity contribution in [3.8, 4) is 0 Å². The van der Waals surface area contributed by atoms with Crippen LogP contribution >= 0.6 is 0 Å². The average molecular weight is 455 g/mol. The summed E-state index contributed by atoms with van der Waals surface area (Å²) in [6.45, 7) is 12.9. The van der Waals surface area contributed by atoms with Gasteiger partial charge in [0.15, 0.2) is 5.78 Å². The minimum absolute atomic E-state index is 0.0653. The molecule has 3 fully saturated rings. The zero-order valence-corrected chi connectivity index (χ0v) is 21.4. The van der Waals surface area contributed by atoms with E-state index in [9.17, 15) is 14.4 Å². The standard InChI is InChI=1S/C29H42O4/c1-17(15-19(30)16-18(2)26(32)33)21-8-9-22-20-7-10-24-27(3,4)25(31)12-14-29(24,6)23(20)11-13-28(21,22)5/h7,16-17,21-24H,8-15H2,1-6H3,(H,32,33)/t17-,21-,22+,23-,24+,28-,29-/m1/s1. The maximum Gasteiger partial charge on any atom is 0.331 e. The number of hydrogen-bond donors (Lipinski definition) is 1. The lowest BCUT2D eigenvalue weighted by molar-refractivity contribution is -0.144. The van der Waals surface area contributed by atoms with Crippen LogP contribution in [-0.2, 0) is 14.4 Å². The molecule has 3 saturated carbocycles. The van der Waals surface area contributed by atoms with Crippen molar-refractivity contribution < 1.29 is 19.5 Å². The van der Waals surface area contributed by atoms with Crippen molar-refractivity contribution in [1.82, 2.24) is 0 Å². The Labute approximate surface area is 199 Å². The Morgan fingerprint density at radius 1 is 1.09 bits per heavy atom. The highest BCUT2D eigenvalue weighted by Gasteiger charge is 2.61. The van der Waals surface area contributed by atoms with E-state index in [1.165, 1.54) is 32.3 Å². The lowest BCUT2D eigenvalue weighted by atomic mass is 9.44. The van der Waals surface area contributed by atoms with E-state index in [1.807, 2.05) is 0 Å². The highest BCUT2D eigenvalue weighted by molar-refractivity contribution is 5.98. The number of allylic oxidation sites excluding steroid dienone is 3. The molecule has 1 N–H and O–H groups in total. The maximum absolute atomic E-state index is 12.7. The number of aliphatic carboxylic acids is 1. The predicted octanol–water partition coefficient (Wildman–Crippen LogP) is 6.40. The zero-order valence-electron chi connectivity index (χ0n) is 21.4. The van der Waals surface area contributed by atoms with Gasteiger partial charge in [0.05, 0.1) is 0 Å². The third-order valence-corrected chi connectivity index (χ3v) is 10.8. The smallest absolute Gasteiger partial charge is 0.331 e. The van der Waals surface area contributed by atoms with E-state index in [2.05, 4.69) is 40.7 Å². The fourth-order valence-electron chi connectivity index (χ4n) is 8.92. The normalized spacial score (nSPS) is 40.8. The second-order valence-electron chi connectivity index (χ2n) is 12.8. The largest absolute Gasteiger partial charge is 0.478 e. The van der Waals surface area contributed by atoms with Gasteiger partial charge < -0.3 is 5.11 Å². The van der Waals surface area contributed by atoms with Gasteiger partial charge in [-0.1, -0.05) is 46.3 Å². The molecule has 0 heterocycles. The fourth-order valence-corrected chi connectivity index (χ4v) is 8.92. The minimum Gasteiger partial charge on any atom is -0.478 e. The van der Waals surface area contributed by atoms with Gasteiger partial charge in [-0.05, 0) is 91.9 Å². The molecule has 0 aromatic heterocycles. The van der Waals surface area contributed by atoms with E-state index in [0.29, 0.717) is 35.9 Å². The summed E-state index contributed by atoms with van der Waals surface area (Å²) >= 11 is 0. The van der Waals surface area contributed by atoms with Crippen molar-refractivity contribution in [2.45, 2.75) is 92.9 Å². The monoisotopic (exact) mass is 454 g/mol. The van der Waals surface area contributed by atoms with E-state index in [0.717, 1.165) is 25.7 Å². The van der Waals surface area contributed by atoms with Gasteiger partial charge in [0.2, 0.25) is 0 Å². The SMILES string of the molecule is CC(=CC(=O)C[C@@H](C)[C@H]1CC[C@H]2C3=CC[C@H]4C(C)(C)C(=O)CC[C@]4(C)[C@@H]3CC[C@]12C)C(=O)O. The number of carboxylic acid groups (broad SMARTS) is 1. The van der Waals surface area contributed by atoms with Crippen molar-refractivity contribution >= 4 is 17.5 Å². The predicted molar refractivity (Wildman–Crippen MR) is 130 cm³/mol. The second-order valence-corrected chi connectivity index (χ2v) is 12.8. The molecule has 0 aromatic rings. The Morgan fingerprint density at radius 2 is 1.76 bits per heavy atom. The van der Waals surface area contributed by atoms with Crippen LogP contribution in [0.25, 0.3) is 0 Å². The first kappa shape index (κ1) is 24.4. The van der Waals surface area contributed by atoms with Gasteiger partial charge in [0.25, 0.3) is 0 Å². The number of carbonyl (C=O) groups is 3. The van der Waals surface area contributed by atoms with Crippen LogP contribution in [-0.4, -0.2) is 22.6 Å². The van der Waals surface area contributed by atoms with Crippen molar-refractivity contribution in [1.29, 1.82) is 0 Å². The Hall–Kier alpha value is -1.71. The zero-order chi connectivity index (χ0) is 24.3. The number of ketones is 2. The first-order chi connectivity index (χ1) is 15.3. The molecule has 0 spiro atoms. The number of carboxylic acids is 1. The van der Waals surface area contributed by atoms with E-state index in [1.54, 1.807) is 5.57 Å². The van der Waals surface area contributed by atoms with Crippen LogP contribution < -0.4 is 0 Å². The van der Waals surface area contributed by atoms with Gasteiger partial charge in [-0.15, -0.1) is 0 Å². The number of rotatable bonds is 5. The van der Waals surface area contributed by atoms with Crippen LogP contribution in [0, 0.1) is 45.8 Å². The summed E-state index contributed by atoms with van der Waals surface area (Å²) in [6, 6.07) is 0. The van der Waals surface area contributed by atoms with Crippen LogP contribution in [0.5, 0.6) is 0 Å². The first-order valence-electron chi connectivity index (χ1n) is 13.0. The van der Waals surface area contributed by atoms with Gasteiger partial charge in [-0.3, -0.25) is 9.59 Å². The molecular weight excluding hydrogens is 412 g/mol. The highest BCUT2D eigenvalue weighted by atomic mass is 16.4. The van der Waals surface area contributed by atoms with Gasteiger partial charge in [-0.2, -0.15) is 0 Å². The average Bonchev–Trinajstić information content (AvgIpc) is 3.08. The van der Waals surface area contributed by atoms with Gasteiger partial charge >= 0.3 is 5.97 Å². The Kier molecular flexibility index (Phi) is 6.07.